The molecular weight excluding hydrogens is 450 g/mol. The van der Waals surface area contributed by atoms with E-state index in [0.29, 0.717) is 29.3 Å². The van der Waals surface area contributed by atoms with Gasteiger partial charge in [0.1, 0.15) is 16.9 Å². The molecule has 0 saturated heterocycles. The second-order valence-corrected chi connectivity index (χ2v) is 7.98. The number of thiocarbonyl (C=S) groups is 1. The second-order valence-electron chi connectivity index (χ2n) is 7.58. The smallest absolute Gasteiger partial charge is 0.419 e. The van der Waals surface area contributed by atoms with Crippen molar-refractivity contribution in [3.63, 3.8) is 0 Å². The Labute approximate surface area is 200 Å². The molecule has 0 unspecified atom stereocenters. The number of hydrogen-bond acceptors (Lipinski definition) is 5. The molecule has 8 heteroatoms. The minimum Gasteiger partial charge on any atom is -0.461 e. The van der Waals surface area contributed by atoms with Crippen LogP contribution in [0.1, 0.15) is 5.76 Å². The average molecular weight is 472 g/mol. The van der Waals surface area contributed by atoms with Gasteiger partial charge in [-0.1, -0.05) is 36.4 Å². The van der Waals surface area contributed by atoms with E-state index < -0.39 is 6.09 Å². The Bertz CT molecular complexity index is 1390. The van der Waals surface area contributed by atoms with Crippen LogP contribution >= 0.6 is 12.2 Å². The van der Waals surface area contributed by atoms with Crippen LogP contribution in [0.4, 0.5) is 16.2 Å². The molecule has 7 nitrogen and oxygen atoms in total. The Morgan fingerprint density at radius 2 is 1.41 bits per heavy atom. The highest BCUT2D eigenvalue weighted by Gasteiger charge is 2.10. The monoisotopic (exact) mass is 471 g/mol. The summed E-state index contributed by atoms with van der Waals surface area (Å²) in [5, 5.41) is 11.4. The van der Waals surface area contributed by atoms with Gasteiger partial charge < -0.3 is 24.2 Å². The van der Waals surface area contributed by atoms with Crippen molar-refractivity contribution < 1.29 is 18.4 Å². The number of carbonyl (C=O) groups is 1. The molecule has 2 aromatic heterocycles. The number of rotatable bonds is 6. The molecule has 0 aliphatic carbocycles. The fourth-order valence-electron chi connectivity index (χ4n) is 3.51. The summed E-state index contributed by atoms with van der Waals surface area (Å²) in [6, 6.07) is 26.2. The number of amides is 1. The summed E-state index contributed by atoms with van der Waals surface area (Å²) >= 11 is 5.37. The Morgan fingerprint density at radius 3 is 2.09 bits per heavy atom. The van der Waals surface area contributed by atoms with Crippen molar-refractivity contribution in [1.82, 2.24) is 5.32 Å². The van der Waals surface area contributed by atoms with Crippen molar-refractivity contribution in [3.8, 4) is 5.95 Å². The van der Waals surface area contributed by atoms with E-state index in [0.717, 1.165) is 27.8 Å². The van der Waals surface area contributed by atoms with Crippen LogP contribution in [0.15, 0.2) is 93.8 Å². The van der Waals surface area contributed by atoms with Crippen molar-refractivity contribution in [1.29, 1.82) is 0 Å². The van der Waals surface area contributed by atoms with Crippen molar-refractivity contribution in [2.75, 3.05) is 17.2 Å². The van der Waals surface area contributed by atoms with Gasteiger partial charge in [-0.05, 0) is 54.7 Å². The van der Waals surface area contributed by atoms with Gasteiger partial charge in [0.05, 0.1) is 0 Å². The minimum absolute atomic E-state index is 0.135. The van der Waals surface area contributed by atoms with Crippen LogP contribution in [0, 0.1) is 0 Å². The van der Waals surface area contributed by atoms with Crippen molar-refractivity contribution in [2.45, 2.75) is 6.42 Å². The van der Waals surface area contributed by atoms with Crippen molar-refractivity contribution >= 4 is 56.7 Å². The predicted octanol–water partition coefficient (Wildman–Crippen LogP) is 6.32. The number of hydrogen-bond donors (Lipinski definition) is 3. The van der Waals surface area contributed by atoms with Gasteiger partial charge in [0.15, 0.2) is 5.11 Å². The summed E-state index contributed by atoms with van der Waals surface area (Å²) in [6.45, 7) is 0.638. The van der Waals surface area contributed by atoms with Crippen LogP contribution in [-0.4, -0.2) is 17.8 Å². The van der Waals surface area contributed by atoms with E-state index in [4.69, 9.17) is 25.8 Å². The van der Waals surface area contributed by atoms with Crippen LogP contribution < -0.4 is 20.7 Å². The zero-order valence-electron chi connectivity index (χ0n) is 18.0. The summed E-state index contributed by atoms with van der Waals surface area (Å²) < 4.78 is 16.5. The van der Waals surface area contributed by atoms with Gasteiger partial charge in [-0.2, -0.15) is 0 Å². The van der Waals surface area contributed by atoms with E-state index in [-0.39, 0.29) is 5.95 Å². The normalized spacial score (nSPS) is 10.8. The minimum atomic E-state index is -0.637. The van der Waals surface area contributed by atoms with Crippen LogP contribution in [-0.2, 0) is 6.42 Å². The molecule has 0 fully saturated rings. The molecule has 34 heavy (non-hydrogen) atoms. The highest BCUT2D eigenvalue weighted by atomic mass is 32.1. The van der Waals surface area contributed by atoms with Crippen LogP contribution in [0.25, 0.3) is 21.9 Å². The number of carbonyl (C=O) groups excluding carboxylic acids is 1. The molecular formula is C26H21N3O4S. The fourth-order valence-corrected chi connectivity index (χ4v) is 3.73. The molecule has 0 radical (unpaired) electrons. The molecule has 0 saturated carbocycles. The molecule has 0 bridgehead atoms. The van der Waals surface area contributed by atoms with Gasteiger partial charge in [-0.25, -0.2) is 4.79 Å². The van der Waals surface area contributed by atoms with Gasteiger partial charge in [-0.3, -0.25) is 5.32 Å². The Kier molecular flexibility index (Phi) is 6.13. The lowest BCUT2D eigenvalue weighted by atomic mass is 10.2. The summed E-state index contributed by atoms with van der Waals surface area (Å²) in [5.74, 6) is 1.04. The van der Waals surface area contributed by atoms with E-state index in [9.17, 15) is 4.79 Å². The maximum Gasteiger partial charge on any atom is 0.419 e. The van der Waals surface area contributed by atoms with Crippen molar-refractivity contribution in [3.05, 3.63) is 90.7 Å². The summed E-state index contributed by atoms with van der Waals surface area (Å²) in [7, 11) is 0. The Balaban J connectivity index is 1.08. The number of nitrogens with one attached hydrogen (secondary N) is 3. The average Bonchev–Trinajstić information content (AvgIpc) is 3.43. The molecule has 0 spiro atoms. The summed E-state index contributed by atoms with van der Waals surface area (Å²) in [5.41, 5.74) is 2.91. The number of furan rings is 2. The highest BCUT2D eigenvalue weighted by molar-refractivity contribution is 7.80. The third-order valence-corrected chi connectivity index (χ3v) is 5.37. The molecule has 0 aliphatic rings. The Hall–Kier alpha value is -4.30. The molecule has 5 rings (SSSR count). The molecule has 3 aromatic carbocycles. The van der Waals surface area contributed by atoms with E-state index in [1.54, 1.807) is 18.2 Å². The fraction of sp³-hybridized carbons (Fsp3) is 0.0769. The number of anilines is 2. The second kappa shape index (κ2) is 9.68. The SMILES string of the molecule is O=C(Nc1ccc(NC(=S)NCCc2cc3ccccc3o2)cc1)Oc1cc2ccccc2o1. The largest absolute Gasteiger partial charge is 0.461 e. The van der Waals surface area contributed by atoms with Gasteiger partial charge in [0, 0.05) is 41.2 Å². The van der Waals surface area contributed by atoms with E-state index in [1.165, 1.54) is 0 Å². The first-order valence-corrected chi connectivity index (χ1v) is 11.1. The maximum atomic E-state index is 12.2. The van der Waals surface area contributed by atoms with Crippen molar-refractivity contribution in [2.24, 2.45) is 0 Å². The molecule has 170 valence electrons. The first-order valence-electron chi connectivity index (χ1n) is 10.7. The van der Waals surface area contributed by atoms with Crippen LogP contribution in [0.5, 0.6) is 5.95 Å². The number of fused-ring (bicyclic) bond motifs is 2. The van der Waals surface area contributed by atoms with E-state index >= 15 is 0 Å². The lowest BCUT2D eigenvalue weighted by Crippen LogP contribution is -2.30. The van der Waals surface area contributed by atoms with Crippen LogP contribution in [0.3, 0.4) is 0 Å². The maximum absolute atomic E-state index is 12.2. The molecule has 0 aliphatic heterocycles. The molecule has 3 N–H and O–H groups in total. The third-order valence-electron chi connectivity index (χ3n) is 5.12. The molecule has 0 atom stereocenters. The highest BCUT2D eigenvalue weighted by Crippen LogP contribution is 2.25. The number of ether oxygens (including phenoxy) is 1. The lowest BCUT2D eigenvalue weighted by molar-refractivity contribution is 0.203. The summed E-state index contributed by atoms with van der Waals surface area (Å²) in [6.07, 6.45) is 0.0784. The number of benzene rings is 3. The number of para-hydroxylation sites is 2. The first kappa shape index (κ1) is 21.5. The molecule has 2 heterocycles. The third kappa shape index (κ3) is 5.19. The molecule has 5 aromatic rings. The van der Waals surface area contributed by atoms with E-state index in [1.807, 2.05) is 66.7 Å². The lowest BCUT2D eigenvalue weighted by Gasteiger charge is -2.11. The molecule has 1 amide bonds. The first-order chi connectivity index (χ1) is 16.6. The van der Waals surface area contributed by atoms with E-state index in [2.05, 4.69) is 16.0 Å². The zero-order chi connectivity index (χ0) is 23.3. The quantitative estimate of drug-likeness (QED) is 0.250. The van der Waals surface area contributed by atoms with Gasteiger partial charge in [0.25, 0.3) is 5.95 Å². The van der Waals surface area contributed by atoms with Gasteiger partial charge in [0.2, 0.25) is 0 Å². The Morgan fingerprint density at radius 1 is 0.794 bits per heavy atom. The summed E-state index contributed by atoms with van der Waals surface area (Å²) in [4.78, 5) is 12.2. The topological polar surface area (TPSA) is 88.7 Å². The standard InChI is InChI=1S/C26H21N3O4S/c30-26(33-24-16-18-6-2-4-8-23(18)32-24)29-20-11-9-19(10-12-20)28-25(34)27-14-13-21-15-17-5-1-3-7-22(17)31-21/h1-12,15-16H,13-14H2,(H,29,30)(H2,27,28,34). The zero-order valence-corrected chi connectivity index (χ0v) is 18.9. The van der Waals surface area contributed by atoms with Gasteiger partial charge in [-0.15, -0.1) is 0 Å². The van der Waals surface area contributed by atoms with Gasteiger partial charge >= 0.3 is 6.09 Å². The predicted molar refractivity (Wildman–Crippen MR) is 136 cm³/mol. The van der Waals surface area contributed by atoms with Crippen LogP contribution in [0.2, 0.25) is 0 Å².